The number of esters is 3. The molecule has 1 aromatic carbocycles. The van der Waals surface area contributed by atoms with E-state index in [4.69, 9.17) is 25.4 Å². The molecule has 0 saturated carbocycles. The van der Waals surface area contributed by atoms with Crippen molar-refractivity contribution in [3.05, 3.63) is 123 Å². The molecule has 1 aromatic rings. The number of guanidine groups is 1. The van der Waals surface area contributed by atoms with Crippen LogP contribution in [0, 0.1) is 5.41 Å². The highest BCUT2D eigenvalue weighted by Gasteiger charge is 2.32. The van der Waals surface area contributed by atoms with Crippen LogP contribution in [0.15, 0.2) is 111 Å². The first-order chi connectivity index (χ1) is 42.5. The molecule has 0 radical (unpaired) electrons. The second-order valence-electron chi connectivity index (χ2n) is 20.0. The van der Waals surface area contributed by atoms with Gasteiger partial charge in [-0.2, -0.15) is 0 Å². The Morgan fingerprint density at radius 3 is 1.86 bits per heavy atom. The lowest BCUT2D eigenvalue weighted by molar-refractivity contribution is -0.163. The zero-order valence-corrected chi connectivity index (χ0v) is 50.6. The summed E-state index contributed by atoms with van der Waals surface area (Å²) in [5, 5.41) is 25.1. The monoisotopic (exact) mass is 1210 g/mol. The van der Waals surface area contributed by atoms with Crippen LogP contribution in [0.4, 0.5) is 0 Å². The maximum Gasteiger partial charge on any atom is 0.339 e. The van der Waals surface area contributed by atoms with Crippen LogP contribution in [-0.2, 0) is 63.9 Å². The fraction of sp³-hybridized carbons (Fsp3) is 0.508. The van der Waals surface area contributed by atoms with Gasteiger partial charge < -0.3 is 62.1 Å². The predicted octanol–water partition coefficient (Wildman–Crippen LogP) is 4.56. The van der Waals surface area contributed by atoms with E-state index < -0.39 is 129 Å². The van der Waals surface area contributed by atoms with Crippen molar-refractivity contribution in [3.63, 3.8) is 0 Å². The first-order valence-corrected chi connectivity index (χ1v) is 29.5. The van der Waals surface area contributed by atoms with Crippen LogP contribution in [0.1, 0.15) is 158 Å². The molecule has 10 N–H and O–H groups in total. The number of rotatable bonds is 32. The van der Waals surface area contributed by atoms with Crippen molar-refractivity contribution in [1.82, 2.24) is 42.1 Å². The average Bonchev–Trinajstić information content (AvgIpc) is 3.72. The van der Waals surface area contributed by atoms with Gasteiger partial charge in [0.1, 0.15) is 31.3 Å². The molecule has 1 aliphatic rings. The summed E-state index contributed by atoms with van der Waals surface area (Å²) in [6, 6.07) is 2.50. The number of benzene rings is 1. The third-order valence-electron chi connectivity index (χ3n) is 13.0. The van der Waals surface area contributed by atoms with Crippen LogP contribution in [-0.4, -0.2) is 134 Å². The molecule has 23 heteroatoms. The van der Waals surface area contributed by atoms with Gasteiger partial charge in [-0.1, -0.05) is 114 Å². The fourth-order valence-electron chi connectivity index (χ4n) is 8.25. The number of unbranched alkanes of at least 4 members (excludes halogenated alkanes) is 12. The van der Waals surface area contributed by atoms with E-state index in [1.807, 2.05) is 0 Å². The lowest BCUT2D eigenvalue weighted by atomic mass is 10.0. The zero-order valence-electron chi connectivity index (χ0n) is 50.6. The quantitative estimate of drug-likeness (QED) is 0.00698. The summed E-state index contributed by atoms with van der Waals surface area (Å²) in [5.41, 5.74) is 37.7. The standard InChI is InChI=1S/C65H82N10O13/c1-5-8-10-12-14-16-18-20-22-24-26-28-30-37-58(79)86-46-51(88-60(81)38-31-29-27-25-23-21-19-17-15-13-11-9-6-2)47-87-59(80)40-39-55(76)71-48-72-56(77)43-53-62(83)69-44-49-34-32-35-50(42-49)61(82)74-52(7-3)64(85)75(4)54(36-33-41-68-65(66)67)63(84)70-45-57(78)73-53/h32,34-35,38,42,51-54H,2,5,7-8,10,12,14,16,18,20,22,24,26,28,30,33,36-37,39-41,43-48H2,1,3-4H3,(H,69,83)(H,70,84)(H,71,76)(H,72,77)(H,73,78)(H,74,82)(H4,66,67,68)/t51?,52-,53+,54+/m1/s1. The Hall–Kier alpha value is -9.93. The minimum absolute atomic E-state index is 0.0590. The number of carbonyl (C=O) groups is 10. The Morgan fingerprint density at radius 2 is 1.26 bits per heavy atom. The summed E-state index contributed by atoms with van der Waals surface area (Å²) in [7, 11) is 1.38. The van der Waals surface area contributed by atoms with E-state index in [0.717, 1.165) is 36.7 Å². The third kappa shape index (κ3) is 35.4. The van der Waals surface area contributed by atoms with Crippen molar-refractivity contribution in [2.45, 2.75) is 173 Å². The molecule has 1 heterocycles. The van der Waals surface area contributed by atoms with Gasteiger partial charge in [0.25, 0.3) is 5.91 Å². The van der Waals surface area contributed by atoms with Crippen molar-refractivity contribution < 1.29 is 62.2 Å². The SMILES string of the molecule is C=C=C=C=C=C=C=C=C=C=C=C=C=C=CC(=O)OC(COC(=O)CCCCCCCCCCCCCCC)COC(=O)CCC(=O)NCNC(=O)C[C@@H]1NC(=O)CNC(=O)[C@H](CCCNC(=N)N)N(C)C(=O)[C@@H](CC)NC(=O)c2cccc(c2)CNC1=O. The second kappa shape index (κ2) is 46.4. The van der Waals surface area contributed by atoms with Gasteiger partial charge in [-0.05, 0) is 113 Å². The number of nitrogens with two attached hydrogens (primary N) is 1. The highest BCUT2D eigenvalue weighted by molar-refractivity contribution is 5.99. The van der Waals surface area contributed by atoms with Gasteiger partial charge in [0.15, 0.2) is 12.1 Å². The maximum absolute atomic E-state index is 13.7. The van der Waals surface area contributed by atoms with E-state index in [0.29, 0.717) is 12.0 Å². The summed E-state index contributed by atoms with van der Waals surface area (Å²) < 4.78 is 16.0. The molecule has 1 unspecified atom stereocenters. The van der Waals surface area contributed by atoms with E-state index in [1.165, 1.54) is 70.5 Å². The Kier molecular flexibility index (Phi) is 39.1. The first kappa shape index (κ1) is 74.2. The number of hydrogen-bond donors (Lipinski definition) is 9. The number of nitrogens with zero attached hydrogens (tertiary/aromatic N) is 1. The molecule has 0 aromatic heterocycles. The van der Waals surface area contributed by atoms with Crippen LogP contribution in [0.25, 0.3) is 0 Å². The summed E-state index contributed by atoms with van der Waals surface area (Å²) in [4.78, 5) is 133. The van der Waals surface area contributed by atoms with Gasteiger partial charge in [-0.25, -0.2) is 4.79 Å². The smallest absolute Gasteiger partial charge is 0.339 e. The summed E-state index contributed by atoms with van der Waals surface area (Å²) in [6.45, 7) is 5.13. The van der Waals surface area contributed by atoms with Crippen molar-refractivity contribution in [3.8, 4) is 0 Å². The largest absolute Gasteiger partial charge is 0.462 e. The Bertz CT molecular complexity index is 3110. The highest BCUT2D eigenvalue weighted by Crippen LogP contribution is 2.15. The fourth-order valence-corrected chi connectivity index (χ4v) is 8.25. The van der Waals surface area contributed by atoms with E-state index >= 15 is 0 Å². The Labute approximate surface area is 514 Å². The van der Waals surface area contributed by atoms with Gasteiger partial charge in [0, 0.05) is 38.5 Å². The normalized spacial score (nSPS) is 14.9. The number of ether oxygens (including phenoxy) is 3. The van der Waals surface area contributed by atoms with Crippen molar-refractivity contribution >= 4 is 65.2 Å². The minimum atomic E-state index is -1.52. The highest BCUT2D eigenvalue weighted by atomic mass is 16.6. The van der Waals surface area contributed by atoms with Crippen molar-refractivity contribution in [2.24, 2.45) is 5.73 Å². The molecule has 0 aliphatic carbocycles. The number of amides is 7. The molecule has 1 aliphatic heterocycles. The molecule has 470 valence electrons. The first-order valence-electron chi connectivity index (χ1n) is 29.5. The Balaban J connectivity index is 2.08. The third-order valence-corrected chi connectivity index (χ3v) is 13.0. The van der Waals surface area contributed by atoms with Crippen LogP contribution < -0.4 is 43.0 Å². The lowest BCUT2D eigenvalue weighted by Crippen LogP contribution is -2.56. The molecule has 2 rings (SSSR count). The number of likely N-dealkylation sites (N-methyl/N-ethyl adjacent to an activating group) is 1. The number of fused-ring (bicyclic) bond motifs is 2. The van der Waals surface area contributed by atoms with E-state index in [-0.39, 0.29) is 50.3 Å². The molecule has 0 fully saturated rings. The molecular weight excluding hydrogens is 1130 g/mol. The van der Waals surface area contributed by atoms with Gasteiger partial charge in [-0.3, -0.25) is 48.6 Å². The molecule has 0 spiro atoms. The van der Waals surface area contributed by atoms with Gasteiger partial charge in [0.2, 0.25) is 35.4 Å². The van der Waals surface area contributed by atoms with E-state index in [9.17, 15) is 47.9 Å². The second-order valence-corrected chi connectivity index (χ2v) is 20.0. The molecule has 0 saturated heterocycles. The van der Waals surface area contributed by atoms with Crippen LogP contribution >= 0.6 is 0 Å². The topological polar surface area (TPSA) is 336 Å². The van der Waals surface area contributed by atoms with E-state index in [2.05, 4.69) is 125 Å². The van der Waals surface area contributed by atoms with E-state index in [1.54, 1.807) is 19.1 Å². The molecule has 23 nitrogen and oxygen atoms in total. The predicted molar refractivity (Wildman–Crippen MR) is 323 cm³/mol. The number of carbonyl (C=O) groups excluding carboxylic acids is 10. The Morgan fingerprint density at radius 1 is 0.693 bits per heavy atom. The maximum atomic E-state index is 13.7. The summed E-state index contributed by atoms with van der Waals surface area (Å²) >= 11 is 0. The zero-order chi connectivity index (χ0) is 64.6. The minimum Gasteiger partial charge on any atom is -0.462 e. The lowest BCUT2D eigenvalue weighted by Gasteiger charge is -2.31. The summed E-state index contributed by atoms with van der Waals surface area (Å²) in [6.07, 6.45) is 13.5. The number of nitrogens with one attached hydrogen (secondary N) is 8. The molecule has 2 bridgehead atoms. The molecule has 88 heavy (non-hydrogen) atoms. The average molecular weight is 1210 g/mol. The van der Waals surface area contributed by atoms with Crippen molar-refractivity contribution in [2.75, 3.05) is 40.0 Å². The van der Waals surface area contributed by atoms with Gasteiger partial charge in [-0.15, -0.1) is 0 Å². The molecule has 4 atom stereocenters. The van der Waals surface area contributed by atoms with Crippen LogP contribution in [0.5, 0.6) is 0 Å². The van der Waals surface area contributed by atoms with Gasteiger partial charge >= 0.3 is 17.9 Å². The number of hydrogen-bond acceptors (Lipinski definition) is 14. The molecule has 7 amide bonds. The van der Waals surface area contributed by atoms with Crippen molar-refractivity contribution in [1.29, 1.82) is 5.41 Å². The van der Waals surface area contributed by atoms with Crippen LogP contribution in [0.2, 0.25) is 0 Å². The van der Waals surface area contributed by atoms with Crippen LogP contribution in [0.3, 0.4) is 0 Å². The molecular formula is C65H82N10O13. The summed E-state index contributed by atoms with van der Waals surface area (Å²) in [5.74, 6) is -7.75. The van der Waals surface area contributed by atoms with Gasteiger partial charge in [0.05, 0.1) is 32.1 Å².